The van der Waals surface area contributed by atoms with Crippen LogP contribution in [0.4, 0.5) is 0 Å². The zero-order chi connectivity index (χ0) is 16.8. The van der Waals surface area contributed by atoms with Gasteiger partial charge >= 0.3 is 5.24 Å². The molecule has 0 aliphatic carbocycles. The van der Waals surface area contributed by atoms with Gasteiger partial charge in [0.05, 0.1) is 6.61 Å². The van der Waals surface area contributed by atoms with E-state index in [9.17, 15) is 15.3 Å². The van der Waals surface area contributed by atoms with Gasteiger partial charge in [-0.2, -0.15) is 0 Å². The molecule has 1 heterocycles. The molecule has 2 rings (SSSR count). The van der Waals surface area contributed by atoms with Crippen LogP contribution in [0.1, 0.15) is 6.92 Å². The summed E-state index contributed by atoms with van der Waals surface area (Å²) in [7, 11) is 0. The molecule has 0 saturated carbocycles. The van der Waals surface area contributed by atoms with Gasteiger partial charge < -0.3 is 34.3 Å². The van der Waals surface area contributed by atoms with E-state index in [1.165, 1.54) is 0 Å². The predicted octanol–water partition coefficient (Wildman–Crippen LogP) is 0.211. The van der Waals surface area contributed by atoms with E-state index in [1.807, 2.05) is 6.07 Å². The molecule has 0 amide bonds. The third-order valence-corrected chi connectivity index (χ3v) is 3.51. The molecule has 1 aliphatic heterocycles. The number of hydrogen-bond donors (Lipinski definition) is 3. The molecule has 1 aromatic rings. The molecule has 128 valence electrons. The Labute approximate surface area is 139 Å². The van der Waals surface area contributed by atoms with Crippen molar-refractivity contribution in [3.63, 3.8) is 0 Å². The molecule has 8 heteroatoms. The lowest BCUT2D eigenvalue weighted by atomic mass is 9.99. The van der Waals surface area contributed by atoms with Crippen LogP contribution < -0.4 is 4.74 Å². The Kier molecular flexibility index (Phi) is 6.70. The molecule has 7 nitrogen and oxygen atoms in total. The lowest BCUT2D eigenvalue weighted by molar-refractivity contribution is -0.298. The van der Waals surface area contributed by atoms with E-state index in [2.05, 4.69) is 0 Å². The first-order valence-electron chi connectivity index (χ1n) is 7.24. The standard InChI is InChI=1S/C15H20O7S/c1-2-19-14-12(18)13(11(17)10(8-16)21-14)22-15(23)20-9-6-4-3-5-7-9/h3-7,10-14,16-18H,2,8H2,1H3/t10-,11-,12+,13+,14+/m1/s1. The molecular weight excluding hydrogens is 324 g/mol. The number of aliphatic hydroxyl groups is 3. The molecule has 0 spiro atoms. The van der Waals surface area contributed by atoms with E-state index < -0.39 is 37.3 Å². The van der Waals surface area contributed by atoms with Crippen molar-refractivity contribution in [3.8, 4) is 5.75 Å². The van der Waals surface area contributed by atoms with E-state index in [1.54, 1.807) is 31.2 Å². The lowest BCUT2D eigenvalue weighted by Gasteiger charge is -2.41. The largest absolute Gasteiger partial charge is 0.447 e. The summed E-state index contributed by atoms with van der Waals surface area (Å²) in [6, 6.07) is 8.73. The molecular formula is C15H20O7S. The van der Waals surface area contributed by atoms with Gasteiger partial charge in [-0.25, -0.2) is 0 Å². The van der Waals surface area contributed by atoms with Crippen LogP contribution in [0, 0.1) is 0 Å². The van der Waals surface area contributed by atoms with Crippen LogP contribution >= 0.6 is 12.2 Å². The van der Waals surface area contributed by atoms with Crippen LogP contribution in [-0.4, -0.2) is 64.5 Å². The number of ether oxygens (including phenoxy) is 4. The third-order valence-electron chi connectivity index (χ3n) is 3.33. The van der Waals surface area contributed by atoms with Crippen LogP contribution in [-0.2, 0) is 14.2 Å². The van der Waals surface area contributed by atoms with E-state index in [4.69, 9.17) is 31.2 Å². The second-order valence-electron chi connectivity index (χ2n) is 4.91. The minimum Gasteiger partial charge on any atom is -0.447 e. The van der Waals surface area contributed by atoms with Crippen molar-refractivity contribution in [1.82, 2.24) is 0 Å². The highest BCUT2D eigenvalue weighted by Crippen LogP contribution is 2.25. The smallest absolute Gasteiger partial charge is 0.358 e. The summed E-state index contributed by atoms with van der Waals surface area (Å²) in [4.78, 5) is 0. The molecule has 1 aromatic carbocycles. The van der Waals surface area contributed by atoms with Gasteiger partial charge in [0.2, 0.25) is 0 Å². The fourth-order valence-corrected chi connectivity index (χ4v) is 2.42. The van der Waals surface area contributed by atoms with Gasteiger partial charge in [-0.1, -0.05) is 18.2 Å². The van der Waals surface area contributed by atoms with Crippen LogP contribution in [0.2, 0.25) is 0 Å². The van der Waals surface area contributed by atoms with E-state index in [-0.39, 0.29) is 11.8 Å². The van der Waals surface area contributed by atoms with Gasteiger partial charge in [-0.15, -0.1) is 0 Å². The van der Waals surface area contributed by atoms with Crippen LogP contribution in [0.15, 0.2) is 30.3 Å². The summed E-state index contributed by atoms with van der Waals surface area (Å²) >= 11 is 4.99. The summed E-state index contributed by atoms with van der Waals surface area (Å²) in [5, 5.41) is 29.4. The van der Waals surface area contributed by atoms with E-state index >= 15 is 0 Å². The molecule has 3 N–H and O–H groups in total. The Morgan fingerprint density at radius 2 is 1.91 bits per heavy atom. The molecule has 0 aromatic heterocycles. The van der Waals surface area contributed by atoms with Gasteiger partial charge in [-0.05, 0) is 19.1 Å². The van der Waals surface area contributed by atoms with Crippen molar-refractivity contribution in [2.24, 2.45) is 0 Å². The van der Waals surface area contributed by atoms with Crippen molar-refractivity contribution in [2.75, 3.05) is 13.2 Å². The normalized spacial score (nSPS) is 30.7. The van der Waals surface area contributed by atoms with Crippen molar-refractivity contribution in [1.29, 1.82) is 0 Å². The maximum atomic E-state index is 10.2. The zero-order valence-electron chi connectivity index (χ0n) is 12.6. The van der Waals surface area contributed by atoms with Crippen LogP contribution in [0.3, 0.4) is 0 Å². The number of hydrogen-bond acceptors (Lipinski definition) is 8. The average molecular weight is 344 g/mol. The second-order valence-corrected chi connectivity index (χ2v) is 5.24. The topological polar surface area (TPSA) is 97.6 Å². The molecule has 1 aliphatic rings. The summed E-state index contributed by atoms with van der Waals surface area (Å²) in [6.07, 6.45) is -5.72. The SMILES string of the molecule is CCO[C@H]1O[C@H](CO)[C@@H](O)[C@H](OC(=S)Oc2ccccc2)[C@@H]1O. The third kappa shape index (κ3) is 4.60. The van der Waals surface area contributed by atoms with Gasteiger partial charge in [0.15, 0.2) is 12.4 Å². The number of aliphatic hydroxyl groups excluding tert-OH is 3. The molecule has 5 atom stereocenters. The highest BCUT2D eigenvalue weighted by atomic mass is 32.1. The van der Waals surface area contributed by atoms with E-state index in [0.29, 0.717) is 5.75 Å². The van der Waals surface area contributed by atoms with Gasteiger partial charge in [-0.3, -0.25) is 0 Å². The Hall–Kier alpha value is -1.29. The van der Waals surface area contributed by atoms with Gasteiger partial charge in [0, 0.05) is 18.8 Å². The summed E-state index contributed by atoms with van der Waals surface area (Å²) in [5.74, 6) is 0.466. The highest BCUT2D eigenvalue weighted by Gasteiger charge is 2.47. The number of rotatable bonds is 5. The summed E-state index contributed by atoms with van der Waals surface area (Å²) < 4.78 is 21.2. The van der Waals surface area contributed by atoms with Crippen molar-refractivity contribution in [3.05, 3.63) is 30.3 Å². The predicted molar refractivity (Wildman–Crippen MR) is 83.9 cm³/mol. The first-order chi connectivity index (χ1) is 11.1. The maximum absolute atomic E-state index is 10.2. The minimum atomic E-state index is -1.29. The molecule has 0 bridgehead atoms. The maximum Gasteiger partial charge on any atom is 0.358 e. The quantitative estimate of drug-likeness (QED) is 0.652. The molecule has 1 saturated heterocycles. The number of thiocarbonyl (C=S) groups is 1. The van der Waals surface area contributed by atoms with Crippen LogP contribution in [0.25, 0.3) is 0 Å². The van der Waals surface area contributed by atoms with Gasteiger partial charge in [0.25, 0.3) is 0 Å². The zero-order valence-corrected chi connectivity index (χ0v) is 13.4. The second kappa shape index (κ2) is 8.53. The Balaban J connectivity index is 2.03. The summed E-state index contributed by atoms with van der Waals surface area (Å²) in [5.41, 5.74) is 0. The minimum absolute atomic E-state index is 0.256. The molecule has 0 radical (unpaired) electrons. The van der Waals surface area contributed by atoms with E-state index in [0.717, 1.165) is 0 Å². The Morgan fingerprint density at radius 3 is 2.52 bits per heavy atom. The molecule has 23 heavy (non-hydrogen) atoms. The Morgan fingerprint density at radius 1 is 1.22 bits per heavy atom. The average Bonchev–Trinajstić information content (AvgIpc) is 2.55. The van der Waals surface area contributed by atoms with Crippen molar-refractivity contribution < 1.29 is 34.3 Å². The van der Waals surface area contributed by atoms with Gasteiger partial charge in [0.1, 0.15) is 24.1 Å². The highest BCUT2D eigenvalue weighted by molar-refractivity contribution is 7.79. The van der Waals surface area contributed by atoms with Crippen molar-refractivity contribution in [2.45, 2.75) is 37.6 Å². The Bertz CT molecular complexity index is 498. The molecule has 1 fully saturated rings. The monoisotopic (exact) mass is 344 g/mol. The molecule has 0 unspecified atom stereocenters. The number of para-hydroxylation sites is 1. The van der Waals surface area contributed by atoms with Crippen LogP contribution in [0.5, 0.6) is 5.75 Å². The fourth-order valence-electron chi connectivity index (χ4n) is 2.21. The fraction of sp³-hybridized carbons (Fsp3) is 0.533. The first-order valence-corrected chi connectivity index (χ1v) is 7.65. The lowest BCUT2D eigenvalue weighted by Crippen LogP contribution is -2.60. The first kappa shape index (κ1) is 18.1. The number of benzene rings is 1. The van der Waals surface area contributed by atoms with Crippen molar-refractivity contribution >= 4 is 17.5 Å². The summed E-state index contributed by atoms with van der Waals surface area (Å²) in [6.45, 7) is 1.56.